The van der Waals surface area contributed by atoms with Gasteiger partial charge in [-0.3, -0.25) is 0 Å². The van der Waals surface area contributed by atoms with E-state index in [1.54, 1.807) is 0 Å². The average molecular weight is 359 g/mol. The van der Waals surface area contributed by atoms with E-state index in [1.165, 1.54) is 24.3 Å². The zero-order valence-electron chi connectivity index (χ0n) is 12.9. The number of benzene rings is 1. The van der Waals surface area contributed by atoms with Crippen molar-refractivity contribution in [3.8, 4) is 0 Å². The molecule has 7 nitrogen and oxygen atoms in total. The van der Waals surface area contributed by atoms with E-state index in [-0.39, 0.29) is 21.9 Å². The Kier molecular flexibility index (Phi) is 4.49. The summed E-state index contributed by atoms with van der Waals surface area (Å²) in [5.74, 6) is 0. The molecule has 128 valence electrons. The Hall–Kier alpha value is -1.00. The largest absolute Gasteiger partial charge is 0.305 e. The lowest BCUT2D eigenvalue weighted by Gasteiger charge is -2.14. The molecule has 0 unspecified atom stereocenters. The summed E-state index contributed by atoms with van der Waals surface area (Å²) in [7, 11) is -5.46. The lowest BCUT2D eigenvalue weighted by molar-refractivity contribution is 0.407. The topological polar surface area (TPSA) is 95.6 Å². The Bertz CT molecular complexity index is 788. The molecule has 2 fully saturated rings. The summed E-state index contributed by atoms with van der Waals surface area (Å²) in [6.45, 7) is 1.49. The van der Waals surface area contributed by atoms with Gasteiger partial charge < -0.3 is 4.90 Å². The molecular weight excluding hydrogens is 338 g/mol. The number of nitrogens with zero attached hydrogens (tertiary/aromatic N) is 1. The van der Waals surface area contributed by atoms with Crippen LogP contribution < -0.4 is 9.44 Å². The van der Waals surface area contributed by atoms with Crippen molar-refractivity contribution in [3.05, 3.63) is 24.3 Å². The zero-order chi connectivity index (χ0) is 16.7. The Morgan fingerprint density at radius 3 is 2.00 bits per heavy atom. The second-order valence-corrected chi connectivity index (χ2v) is 9.67. The third-order valence-electron chi connectivity index (χ3n) is 4.04. The minimum atomic E-state index is -3.73. The van der Waals surface area contributed by atoms with E-state index in [0.717, 1.165) is 25.8 Å². The van der Waals surface area contributed by atoms with Gasteiger partial charge in [0.25, 0.3) is 0 Å². The van der Waals surface area contributed by atoms with Gasteiger partial charge >= 0.3 is 0 Å². The minimum Gasteiger partial charge on any atom is -0.305 e. The molecule has 1 aliphatic heterocycles. The maximum atomic E-state index is 12.5. The highest BCUT2D eigenvalue weighted by atomic mass is 32.2. The molecule has 1 aromatic rings. The van der Waals surface area contributed by atoms with Crippen LogP contribution in [0.15, 0.2) is 34.1 Å². The average Bonchev–Trinajstić information content (AvgIpc) is 3.19. The molecule has 0 spiro atoms. The van der Waals surface area contributed by atoms with Crippen LogP contribution >= 0.6 is 0 Å². The maximum absolute atomic E-state index is 12.5. The second-order valence-electron chi connectivity index (χ2n) is 6.24. The molecule has 23 heavy (non-hydrogen) atoms. The number of nitrogens with one attached hydrogen (secondary N) is 2. The highest BCUT2D eigenvalue weighted by Gasteiger charge is 2.29. The fraction of sp³-hybridized carbons (Fsp3) is 0.571. The van der Waals surface area contributed by atoms with Crippen LogP contribution in [-0.2, 0) is 20.0 Å². The predicted molar refractivity (Wildman–Crippen MR) is 86.0 cm³/mol. The molecule has 0 amide bonds. The van der Waals surface area contributed by atoms with Gasteiger partial charge in [0.1, 0.15) is 0 Å². The van der Waals surface area contributed by atoms with Gasteiger partial charge in [0.05, 0.1) is 9.79 Å². The molecule has 1 atom stereocenters. The van der Waals surface area contributed by atoms with Crippen LogP contribution in [0, 0.1) is 0 Å². The normalized spacial score (nSPS) is 23.3. The second kappa shape index (κ2) is 6.14. The number of hydrogen-bond donors (Lipinski definition) is 2. The third-order valence-corrected chi connectivity index (χ3v) is 7.07. The minimum absolute atomic E-state index is 0.0178. The number of likely N-dealkylation sites (tertiary alicyclic amines) is 1. The van der Waals surface area contributed by atoms with E-state index < -0.39 is 20.0 Å². The third kappa shape index (κ3) is 4.10. The summed E-state index contributed by atoms with van der Waals surface area (Å²) in [4.78, 5) is 2.01. The van der Waals surface area contributed by atoms with E-state index in [2.05, 4.69) is 9.44 Å². The number of likely N-dealkylation sites (N-methyl/N-ethyl adjacent to an activating group) is 1. The van der Waals surface area contributed by atoms with Gasteiger partial charge in [0.2, 0.25) is 20.0 Å². The molecular formula is C14H21N3O4S2. The number of hydrogen-bond acceptors (Lipinski definition) is 5. The predicted octanol–water partition coefficient (Wildman–Crippen LogP) is 0.110. The summed E-state index contributed by atoms with van der Waals surface area (Å²) in [6.07, 6.45) is 2.40. The Morgan fingerprint density at radius 2 is 1.52 bits per heavy atom. The summed E-state index contributed by atoms with van der Waals surface area (Å²) in [5, 5.41) is 0. The van der Waals surface area contributed by atoms with Crippen molar-refractivity contribution in [2.24, 2.45) is 0 Å². The molecule has 3 rings (SSSR count). The first-order chi connectivity index (χ1) is 10.8. The van der Waals surface area contributed by atoms with Crippen LogP contribution in [0.4, 0.5) is 0 Å². The summed E-state index contributed by atoms with van der Waals surface area (Å²) >= 11 is 0. The SMILES string of the molecule is CN1CC[C@H](NS(=O)(=O)c2cccc(S(=O)(=O)NC3CC3)c2)C1. The number of rotatable bonds is 6. The first kappa shape index (κ1) is 16.8. The molecule has 1 saturated heterocycles. The molecule has 9 heteroatoms. The lowest BCUT2D eigenvalue weighted by atomic mass is 10.3. The Labute approximate surface area is 137 Å². The van der Waals surface area contributed by atoms with Gasteiger partial charge in [-0.05, 0) is 51.1 Å². The highest BCUT2D eigenvalue weighted by Crippen LogP contribution is 2.23. The smallest absolute Gasteiger partial charge is 0.240 e. The Morgan fingerprint density at radius 1 is 0.957 bits per heavy atom. The van der Waals surface area contributed by atoms with Crippen molar-refractivity contribution in [3.63, 3.8) is 0 Å². The van der Waals surface area contributed by atoms with Crippen LogP contribution in [0.5, 0.6) is 0 Å². The quantitative estimate of drug-likeness (QED) is 0.752. The van der Waals surface area contributed by atoms with Gasteiger partial charge in [0.15, 0.2) is 0 Å². The van der Waals surface area contributed by atoms with Gasteiger partial charge in [-0.2, -0.15) is 0 Å². The molecule has 0 aromatic heterocycles. The molecule has 1 aliphatic carbocycles. The first-order valence-corrected chi connectivity index (χ1v) is 10.6. The van der Waals surface area contributed by atoms with Crippen molar-refractivity contribution >= 4 is 20.0 Å². The number of sulfonamides is 2. The molecule has 2 N–H and O–H groups in total. The van der Waals surface area contributed by atoms with Crippen molar-refractivity contribution in [2.75, 3.05) is 20.1 Å². The highest BCUT2D eigenvalue weighted by molar-refractivity contribution is 7.90. The van der Waals surface area contributed by atoms with Crippen molar-refractivity contribution < 1.29 is 16.8 Å². The lowest BCUT2D eigenvalue weighted by Crippen LogP contribution is -2.36. The van der Waals surface area contributed by atoms with Crippen molar-refractivity contribution in [1.82, 2.24) is 14.3 Å². The van der Waals surface area contributed by atoms with E-state index in [1.807, 2.05) is 11.9 Å². The van der Waals surface area contributed by atoms with E-state index in [4.69, 9.17) is 0 Å². The fourth-order valence-corrected chi connectivity index (χ4v) is 5.35. The first-order valence-electron chi connectivity index (χ1n) is 7.59. The van der Waals surface area contributed by atoms with Crippen LogP contribution in [0.25, 0.3) is 0 Å². The van der Waals surface area contributed by atoms with E-state index >= 15 is 0 Å². The molecule has 0 bridgehead atoms. The molecule has 1 saturated carbocycles. The van der Waals surface area contributed by atoms with Crippen LogP contribution in [0.3, 0.4) is 0 Å². The van der Waals surface area contributed by atoms with Gasteiger partial charge in [-0.25, -0.2) is 26.3 Å². The van der Waals surface area contributed by atoms with Crippen LogP contribution in [0.2, 0.25) is 0 Å². The van der Waals surface area contributed by atoms with Gasteiger partial charge in [0, 0.05) is 18.6 Å². The molecule has 1 heterocycles. The zero-order valence-corrected chi connectivity index (χ0v) is 14.5. The van der Waals surface area contributed by atoms with Crippen molar-refractivity contribution in [1.29, 1.82) is 0 Å². The van der Waals surface area contributed by atoms with Gasteiger partial charge in [-0.1, -0.05) is 6.07 Å². The molecule has 2 aliphatic rings. The molecule has 0 radical (unpaired) electrons. The van der Waals surface area contributed by atoms with Crippen LogP contribution in [-0.4, -0.2) is 54.0 Å². The van der Waals surface area contributed by atoms with Crippen molar-refractivity contribution in [2.45, 2.75) is 41.1 Å². The van der Waals surface area contributed by atoms with Gasteiger partial charge in [-0.15, -0.1) is 0 Å². The molecule has 1 aromatic carbocycles. The maximum Gasteiger partial charge on any atom is 0.240 e. The van der Waals surface area contributed by atoms with E-state index in [0.29, 0.717) is 6.54 Å². The van der Waals surface area contributed by atoms with Crippen LogP contribution in [0.1, 0.15) is 19.3 Å². The summed E-state index contributed by atoms with van der Waals surface area (Å²) in [6, 6.07) is 5.33. The van der Waals surface area contributed by atoms with E-state index in [9.17, 15) is 16.8 Å². The standard InChI is InChI=1S/C14H21N3O4S2/c1-17-8-7-12(10-17)16-23(20,21)14-4-2-3-13(9-14)22(18,19)15-11-5-6-11/h2-4,9,11-12,15-16H,5-8,10H2,1H3/t12-/m0/s1. The summed E-state index contributed by atoms with van der Waals surface area (Å²) in [5.41, 5.74) is 0. The Balaban J connectivity index is 1.80. The fourth-order valence-electron chi connectivity index (χ4n) is 2.62. The monoisotopic (exact) mass is 359 g/mol. The summed E-state index contributed by atoms with van der Waals surface area (Å²) < 4.78 is 54.6.